The summed E-state index contributed by atoms with van der Waals surface area (Å²) in [4.78, 5) is 0. The van der Waals surface area contributed by atoms with Crippen LogP contribution in [0.25, 0.3) is 0 Å². The van der Waals surface area contributed by atoms with Crippen LogP contribution in [0.4, 0.5) is 0 Å². The molecule has 1 aromatic rings. The highest BCUT2D eigenvalue weighted by Gasteiger charge is 2.12. The van der Waals surface area contributed by atoms with Crippen molar-refractivity contribution in [2.75, 3.05) is 6.54 Å². The Kier molecular flexibility index (Phi) is 5.13. The van der Waals surface area contributed by atoms with Gasteiger partial charge in [-0.1, -0.05) is 50.6 Å². The van der Waals surface area contributed by atoms with Crippen LogP contribution >= 0.6 is 11.6 Å². The quantitative estimate of drug-likeness (QED) is 0.803. The minimum Gasteiger partial charge on any atom is -0.314 e. The lowest BCUT2D eigenvalue weighted by Crippen LogP contribution is -2.27. The van der Waals surface area contributed by atoms with Crippen LogP contribution in [-0.4, -0.2) is 12.6 Å². The van der Waals surface area contributed by atoms with E-state index < -0.39 is 0 Å². The molecule has 0 radical (unpaired) electrons. The Hall–Kier alpha value is -0.530. The molecule has 1 atom stereocenters. The van der Waals surface area contributed by atoms with Gasteiger partial charge in [-0.05, 0) is 24.0 Å². The molecule has 0 saturated heterocycles. The molecule has 15 heavy (non-hydrogen) atoms. The van der Waals surface area contributed by atoms with Crippen molar-refractivity contribution in [1.29, 1.82) is 0 Å². The molecule has 0 aromatic heterocycles. The SMILES string of the molecule is CCC(CNC(C)C)c1ccccc1Cl. The van der Waals surface area contributed by atoms with Crippen LogP contribution < -0.4 is 5.32 Å². The van der Waals surface area contributed by atoms with Crippen LogP contribution in [0.3, 0.4) is 0 Å². The third-order valence-electron chi connectivity index (χ3n) is 2.61. The fourth-order valence-corrected chi connectivity index (χ4v) is 1.95. The average Bonchev–Trinajstić information content (AvgIpc) is 2.21. The first-order chi connectivity index (χ1) is 7.15. The van der Waals surface area contributed by atoms with Gasteiger partial charge in [0, 0.05) is 17.6 Å². The van der Waals surface area contributed by atoms with Gasteiger partial charge in [0.1, 0.15) is 0 Å². The number of benzene rings is 1. The Bertz CT molecular complexity index is 296. The van der Waals surface area contributed by atoms with E-state index in [0.717, 1.165) is 18.0 Å². The van der Waals surface area contributed by atoms with Crippen LogP contribution in [0.1, 0.15) is 38.7 Å². The van der Waals surface area contributed by atoms with Crippen molar-refractivity contribution < 1.29 is 0 Å². The van der Waals surface area contributed by atoms with Gasteiger partial charge < -0.3 is 5.32 Å². The molecular weight excluding hydrogens is 206 g/mol. The molecule has 0 amide bonds. The largest absolute Gasteiger partial charge is 0.314 e. The van der Waals surface area contributed by atoms with Crippen molar-refractivity contribution in [1.82, 2.24) is 5.32 Å². The molecule has 0 aliphatic carbocycles. The molecule has 0 heterocycles. The zero-order valence-electron chi connectivity index (χ0n) is 9.76. The second-order valence-electron chi connectivity index (χ2n) is 4.19. The van der Waals surface area contributed by atoms with Gasteiger partial charge >= 0.3 is 0 Å². The topological polar surface area (TPSA) is 12.0 Å². The number of halogens is 1. The molecule has 0 aliphatic rings. The normalized spacial score (nSPS) is 13.1. The summed E-state index contributed by atoms with van der Waals surface area (Å²) in [6.45, 7) is 7.53. The van der Waals surface area contributed by atoms with Crippen molar-refractivity contribution in [3.63, 3.8) is 0 Å². The molecule has 0 bridgehead atoms. The molecule has 0 spiro atoms. The lowest BCUT2D eigenvalue weighted by atomic mass is 9.96. The lowest BCUT2D eigenvalue weighted by molar-refractivity contribution is 0.520. The predicted molar refractivity (Wildman–Crippen MR) is 67.6 cm³/mol. The first-order valence-corrected chi connectivity index (χ1v) is 6.00. The van der Waals surface area contributed by atoms with Crippen molar-refractivity contribution in [3.8, 4) is 0 Å². The zero-order valence-corrected chi connectivity index (χ0v) is 10.5. The smallest absolute Gasteiger partial charge is 0.0441 e. The highest BCUT2D eigenvalue weighted by atomic mass is 35.5. The minimum absolute atomic E-state index is 0.515. The van der Waals surface area contributed by atoms with Gasteiger partial charge in [0.2, 0.25) is 0 Å². The van der Waals surface area contributed by atoms with E-state index in [1.54, 1.807) is 0 Å². The second kappa shape index (κ2) is 6.14. The van der Waals surface area contributed by atoms with Crippen LogP contribution in [0.2, 0.25) is 5.02 Å². The third kappa shape index (κ3) is 3.84. The minimum atomic E-state index is 0.515. The van der Waals surface area contributed by atoms with Crippen LogP contribution in [0, 0.1) is 0 Å². The zero-order chi connectivity index (χ0) is 11.3. The van der Waals surface area contributed by atoms with E-state index in [1.807, 2.05) is 12.1 Å². The number of hydrogen-bond donors (Lipinski definition) is 1. The van der Waals surface area contributed by atoms with Crippen LogP contribution in [0.15, 0.2) is 24.3 Å². The van der Waals surface area contributed by atoms with Crippen LogP contribution in [0.5, 0.6) is 0 Å². The summed E-state index contributed by atoms with van der Waals surface area (Å²) in [5, 5.41) is 4.35. The van der Waals surface area contributed by atoms with Gasteiger partial charge in [-0.3, -0.25) is 0 Å². The van der Waals surface area contributed by atoms with Crippen LogP contribution in [-0.2, 0) is 0 Å². The Morgan fingerprint density at radius 3 is 2.47 bits per heavy atom. The van der Waals surface area contributed by atoms with Crippen molar-refractivity contribution in [3.05, 3.63) is 34.9 Å². The monoisotopic (exact) mass is 225 g/mol. The molecule has 1 unspecified atom stereocenters. The molecular formula is C13H20ClN. The molecule has 0 aliphatic heterocycles. The summed E-state index contributed by atoms with van der Waals surface area (Å²) in [5.41, 5.74) is 1.26. The summed E-state index contributed by atoms with van der Waals surface area (Å²) in [7, 11) is 0. The summed E-state index contributed by atoms with van der Waals surface area (Å²) in [6, 6.07) is 8.66. The van der Waals surface area contributed by atoms with E-state index in [9.17, 15) is 0 Å². The Morgan fingerprint density at radius 2 is 1.93 bits per heavy atom. The van der Waals surface area contributed by atoms with E-state index in [2.05, 4.69) is 38.2 Å². The lowest BCUT2D eigenvalue weighted by Gasteiger charge is -2.19. The molecule has 0 fully saturated rings. The fraction of sp³-hybridized carbons (Fsp3) is 0.538. The number of nitrogens with one attached hydrogen (secondary N) is 1. The molecule has 1 nitrogen and oxygen atoms in total. The molecule has 1 N–H and O–H groups in total. The maximum Gasteiger partial charge on any atom is 0.0441 e. The molecule has 1 rings (SSSR count). The highest BCUT2D eigenvalue weighted by molar-refractivity contribution is 6.31. The van der Waals surface area contributed by atoms with E-state index in [1.165, 1.54) is 5.56 Å². The van der Waals surface area contributed by atoms with Gasteiger partial charge in [-0.25, -0.2) is 0 Å². The van der Waals surface area contributed by atoms with E-state index in [-0.39, 0.29) is 0 Å². The summed E-state index contributed by atoms with van der Waals surface area (Å²) in [6.07, 6.45) is 1.11. The van der Waals surface area contributed by atoms with Crippen molar-refractivity contribution in [2.24, 2.45) is 0 Å². The van der Waals surface area contributed by atoms with Gasteiger partial charge in [0.05, 0.1) is 0 Å². The van der Waals surface area contributed by atoms with Gasteiger partial charge in [0.25, 0.3) is 0 Å². The van der Waals surface area contributed by atoms with E-state index >= 15 is 0 Å². The summed E-state index contributed by atoms with van der Waals surface area (Å²) in [5.74, 6) is 0.515. The molecule has 0 saturated carbocycles. The summed E-state index contributed by atoms with van der Waals surface area (Å²) >= 11 is 6.19. The van der Waals surface area contributed by atoms with Crippen molar-refractivity contribution >= 4 is 11.6 Å². The summed E-state index contributed by atoms with van der Waals surface area (Å²) < 4.78 is 0. The molecule has 1 aromatic carbocycles. The number of rotatable bonds is 5. The standard InChI is InChI=1S/C13H20ClN/c1-4-11(9-15-10(2)3)12-7-5-6-8-13(12)14/h5-8,10-11,15H,4,9H2,1-3H3. The maximum atomic E-state index is 6.19. The number of hydrogen-bond acceptors (Lipinski definition) is 1. The van der Waals surface area contributed by atoms with Gasteiger partial charge in [0.15, 0.2) is 0 Å². The fourth-order valence-electron chi connectivity index (χ4n) is 1.66. The molecule has 84 valence electrons. The Balaban J connectivity index is 2.70. The van der Waals surface area contributed by atoms with Crippen molar-refractivity contribution in [2.45, 2.75) is 39.2 Å². The first-order valence-electron chi connectivity index (χ1n) is 5.63. The molecule has 2 heteroatoms. The third-order valence-corrected chi connectivity index (χ3v) is 2.95. The van der Waals surface area contributed by atoms with Gasteiger partial charge in [-0.2, -0.15) is 0 Å². The second-order valence-corrected chi connectivity index (χ2v) is 4.60. The Labute approximate surface area is 97.8 Å². The predicted octanol–water partition coefficient (Wildman–Crippen LogP) is 3.83. The maximum absolute atomic E-state index is 6.19. The Morgan fingerprint density at radius 1 is 1.27 bits per heavy atom. The van der Waals surface area contributed by atoms with E-state index in [0.29, 0.717) is 12.0 Å². The van der Waals surface area contributed by atoms with Gasteiger partial charge in [-0.15, -0.1) is 0 Å². The average molecular weight is 226 g/mol. The first kappa shape index (κ1) is 12.5. The van der Waals surface area contributed by atoms with E-state index in [4.69, 9.17) is 11.6 Å². The highest BCUT2D eigenvalue weighted by Crippen LogP contribution is 2.26.